The Labute approximate surface area is 125 Å². The van der Waals surface area contributed by atoms with Gasteiger partial charge in [0.2, 0.25) is 5.91 Å². The number of carbonyl (C=O) groups is 2. The molecule has 0 bridgehead atoms. The molecule has 0 saturated carbocycles. The van der Waals surface area contributed by atoms with Gasteiger partial charge in [0.1, 0.15) is 5.82 Å². The van der Waals surface area contributed by atoms with Crippen molar-refractivity contribution in [1.29, 1.82) is 0 Å². The van der Waals surface area contributed by atoms with Gasteiger partial charge < -0.3 is 10.2 Å². The highest BCUT2D eigenvalue weighted by Crippen LogP contribution is 2.15. The Morgan fingerprint density at radius 3 is 2.65 bits per heavy atom. The number of likely N-dealkylation sites (tertiary alicyclic amines) is 1. The Kier molecular flexibility index (Phi) is 5.11. The largest absolute Gasteiger partial charge is 0.351 e. The molecule has 1 aromatic carbocycles. The maximum absolute atomic E-state index is 13.6. The molecule has 0 radical (unpaired) electrons. The summed E-state index contributed by atoms with van der Waals surface area (Å²) in [5.74, 6) is -1.04. The summed E-state index contributed by atoms with van der Waals surface area (Å²) in [5.41, 5.74) is -0.0122. The predicted octanol–water partition coefficient (Wildman–Crippen LogP) is 2.33. The summed E-state index contributed by atoms with van der Waals surface area (Å²) in [7, 11) is 0. The van der Waals surface area contributed by atoms with Crippen molar-refractivity contribution in [1.82, 2.24) is 10.2 Å². The molecule has 4 nitrogen and oxygen atoms in total. The predicted molar refractivity (Wildman–Crippen MR) is 76.9 cm³/mol. The Morgan fingerprint density at radius 1 is 1.30 bits per heavy atom. The Balaban J connectivity index is 1.81. The molecule has 0 aliphatic carbocycles. The van der Waals surface area contributed by atoms with Gasteiger partial charge in [0.25, 0.3) is 5.91 Å². The van der Waals surface area contributed by atoms with E-state index in [0.29, 0.717) is 4.47 Å². The highest BCUT2D eigenvalue weighted by atomic mass is 79.9. The molecule has 0 aromatic heterocycles. The highest BCUT2D eigenvalue weighted by Gasteiger charge is 2.18. The zero-order valence-electron chi connectivity index (χ0n) is 11.0. The summed E-state index contributed by atoms with van der Waals surface area (Å²) in [6.07, 6.45) is 2.34. The summed E-state index contributed by atoms with van der Waals surface area (Å²) in [6, 6.07) is 4.26. The van der Waals surface area contributed by atoms with E-state index in [9.17, 15) is 14.0 Å². The lowest BCUT2D eigenvalue weighted by Crippen LogP contribution is -2.32. The van der Waals surface area contributed by atoms with Crippen molar-refractivity contribution in [2.24, 2.45) is 0 Å². The normalized spacial score (nSPS) is 14.4. The minimum Gasteiger partial charge on any atom is -0.351 e. The first-order valence-electron chi connectivity index (χ1n) is 6.59. The van der Waals surface area contributed by atoms with Crippen LogP contribution in [-0.2, 0) is 4.79 Å². The lowest BCUT2D eigenvalue weighted by atomic mass is 10.2. The highest BCUT2D eigenvalue weighted by molar-refractivity contribution is 9.10. The number of nitrogens with zero attached hydrogens (tertiary/aromatic N) is 1. The fourth-order valence-corrected chi connectivity index (χ4v) is 2.51. The Hall–Kier alpha value is -1.43. The second-order valence-electron chi connectivity index (χ2n) is 4.72. The van der Waals surface area contributed by atoms with E-state index in [4.69, 9.17) is 0 Å². The maximum atomic E-state index is 13.6. The second kappa shape index (κ2) is 6.83. The van der Waals surface area contributed by atoms with E-state index in [0.717, 1.165) is 25.9 Å². The van der Waals surface area contributed by atoms with Gasteiger partial charge in [-0.15, -0.1) is 0 Å². The molecule has 1 heterocycles. The van der Waals surface area contributed by atoms with Crippen molar-refractivity contribution >= 4 is 27.7 Å². The number of benzene rings is 1. The molecule has 108 valence electrons. The first kappa shape index (κ1) is 15.0. The van der Waals surface area contributed by atoms with E-state index in [1.807, 2.05) is 0 Å². The minimum absolute atomic E-state index is 0.0122. The van der Waals surface area contributed by atoms with Gasteiger partial charge in [-0.25, -0.2) is 4.39 Å². The first-order valence-corrected chi connectivity index (χ1v) is 7.38. The third-order valence-corrected chi connectivity index (χ3v) is 3.75. The maximum Gasteiger partial charge on any atom is 0.254 e. The Morgan fingerprint density at radius 2 is 2.00 bits per heavy atom. The van der Waals surface area contributed by atoms with Crippen molar-refractivity contribution in [2.75, 3.05) is 19.6 Å². The zero-order chi connectivity index (χ0) is 14.5. The van der Waals surface area contributed by atoms with Crippen LogP contribution in [0, 0.1) is 5.82 Å². The van der Waals surface area contributed by atoms with E-state index in [2.05, 4.69) is 21.2 Å². The average molecular weight is 343 g/mol. The van der Waals surface area contributed by atoms with Gasteiger partial charge in [-0.3, -0.25) is 9.59 Å². The van der Waals surface area contributed by atoms with Crippen molar-refractivity contribution < 1.29 is 14.0 Å². The van der Waals surface area contributed by atoms with Crippen LogP contribution >= 0.6 is 15.9 Å². The number of amides is 2. The molecular formula is C14H16BrFN2O2. The molecule has 0 unspecified atom stereocenters. The molecule has 2 amide bonds. The number of halogens is 2. The lowest BCUT2D eigenvalue weighted by Gasteiger charge is -2.15. The summed E-state index contributed by atoms with van der Waals surface area (Å²) in [5, 5.41) is 2.57. The van der Waals surface area contributed by atoms with E-state index < -0.39 is 11.7 Å². The topological polar surface area (TPSA) is 49.4 Å². The zero-order valence-corrected chi connectivity index (χ0v) is 12.6. The van der Waals surface area contributed by atoms with Crippen molar-refractivity contribution in [3.8, 4) is 0 Å². The van der Waals surface area contributed by atoms with Crippen LogP contribution in [-0.4, -0.2) is 36.3 Å². The molecule has 20 heavy (non-hydrogen) atoms. The molecule has 1 saturated heterocycles. The fourth-order valence-electron chi connectivity index (χ4n) is 2.18. The molecule has 2 rings (SSSR count). The van der Waals surface area contributed by atoms with E-state index >= 15 is 0 Å². The van der Waals surface area contributed by atoms with Crippen molar-refractivity contribution in [3.63, 3.8) is 0 Å². The number of carbonyl (C=O) groups excluding carboxylic acids is 2. The fraction of sp³-hybridized carbons (Fsp3) is 0.429. The van der Waals surface area contributed by atoms with Crippen molar-refractivity contribution in [3.05, 3.63) is 34.1 Å². The van der Waals surface area contributed by atoms with Crippen molar-refractivity contribution in [2.45, 2.75) is 19.3 Å². The molecular weight excluding hydrogens is 327 g/mol. The molecule has 1 N–H and O–H groups in total. The van der Waals surface area contributed by atoms with Crippen LogP contribution in [0.1, 0.15) is 29.6 Å². The van der Waals surface area contributed by atoms with Crippen LogP contribution < -0.4 is 5.32 Å². The van der Waals surface area contributed by atoms with Gasteiger partial charge in [-0.2, -0.15) is 0 Å². The average Bonchev–Trinajstić information content (AvgIpc) is 2.92. The van der Waals surface area contributed by atoms with Gasteiger partial charge in [-0.1, -0.05) is 15.9 Å². The van der Waals surface area contributed by atoms with Gasteiger partial charge in [0.05, 0.1) is 5.56 Å². The number of rotatable bonds is 4. The van der Waals surface area contributed by atoms with Gasteiger partial charge >= 0.3 is 0 Å². The van der Waals surface area contributed by atoms with Crippen LogP contribution in [0.2, 0.25) is 0 Å². The number of hydrogen-bond acceptors (Lipinski definition) is 2. The van der Waals surface area contributed by atoms with Gasteiger partial charge in [0, 0.05) is 30.5 Å². The quantitative estimate of drug-likeness (QED) is 0.912. The van der Waals surface area contributed by atoms with Crippen LogP contribution in [0.15, 0.2) is 22.7 Å². The van der Waals surface area contributed by atoms with E-state index in [1.54, 1.807) is 11.0 Å². The van der Waals surface area contributed by atoms with Crippen LogP contribution in [0.5, 0.6) is 0 Å². The third-order valence-electron chi connectivity index (χ3n) is 3.26. The smallest absolute Gasteiger partial charge is 0.254 e. The monoisotopic (exact) mass is 342 g/mol. The molecule has 0 atom stereocenters. The summed E-state index contributed by atoms with van der Waals surface area (Å²) in [4.78, 5) is 25.4. The molecule has 1 aliphatic heterocycles. The number of nitrogens with one attached hydrogen (secondary N) is 1. The lowest BCUT2D eigenvalue weighted by molar-refractivity contribution is -0.129. The molecule has 1 aliphatic rings. The Bertz CT molecular complexity index is 516. The summed E-state index contributed by atoms with van der Waals surface area (Å²) < 4.78 is 14.1. The minimum atomic E-state index is -0.581. The first-order chi connectivity index (χ1) is 9.58. The summed E-state index contributed by atoms with van der Waals surface area (Å²) >= 11 is 3.13. The van der Waals surface area contributed by atoms with Crippen LogP contribution in [0.4, 0.5) is 4.39 Å². The third kappa shape index (κ3) is 3.79. The van der Waals surface area contributed by atoms with E-state index in [1.165, 1.54) is 12.1 Å². The molecule has 1 aromatic rings. The van der Waals surface area contributed by atoms with E-state index in [-0.39, 0.29) is 24.4 Å². The molecule has 1 fully saturated rings. The molecule has 0 spiro atoms. The standard InChI is InChI=1S/C14H16BrFN2O2/c15-10-3-4-11(12(16)9-10)14(20)17-6-5-13(19)18-7-1-2-8-18/h3-4,9H,1-2,5-8H2,(H,17,20). The van der Waals surface area contributed by atoms with Gasteiger partial charge in [0.15, 0.2) is 0 Å². The second-order valence-corrected chi connectivity index (χ2v) is 5.63. The van der Waals surface area contributed by atoms with Crippen LogP contribution in [0.3, 0.4) is 0 Å². The molecule has 6 heteroatoms. The van der Waals surface area contributed by atoms with Crippen LogP contribution in [0.25, 0.3) is 0 Å². The van der Waals surface area contributed by atoms with Gasteiger partial charge in [-0.05, 0) is 31.0 Å². The number of hydrogen-bond donors (Lipinski definition) is 1. The SMILES string of the molecule is O=C(NCCC(=O)N1CCCC1)c1ccc(Br)cc1F. The summed E-state index contributed by atoms with van der Waals surface area (Å²) in [6.45, 7) is 1.83.